The van der Waals surface area contributed by atoms with Crippen molar-refractivity contribution in [1.82, 2.24) is 10.2 Å². The molecule has 1 fully saturated rings. The molecule has 1 heterocycles. The van der Waals surface area contributed by atoms with Crippen molar-refractivity contribution in [2.24, 2.45) is 0 Å². The Morgan fingerprint density at radius 2 is 2.00 bits per heavy atom. The first-order valence-corrected chi connectivity index (χ1v) is 7.14. The van der Waals surface area contributed by atoms with Gasteiger partial charge in [0.2, 0.25) is 14.2 Å². The van der Waals surface area contributed by atoms with Gasteiger partial charge in [-0.3, -0.25) is 0 Å². The van der Waals surface area contributed by atoms with E-state index in [1.165, 1.54) is 5.51 Å². The summed E-state index contributed by atoms with van der Waals surface area (Å²) in [5.74, 6) is 0. The highest BCUT2D eigenvalue weighted by molar-refractivity contribution is 7.93. The quantitative estimate of drug-likeness (QED) is 0.777. The topological polar surface area (TPSA) is 59.9 Å². The summed E-state index contributed by atoms with van der Waals surface area (Å²) in [6.07, 6.45) is 4.75. The number of rotatable bonds is 2. The van der Waals surface area contributed by atoms with E-state index in [0.717, 1.165) is 43.4 Å². The fourth-order valence-electron chi connectivity index (χ4n) is 1.80. The lowest BCUT2D eigenvalue weighted by Gasteiger charge is -2.19. The minimum Gasteiger partial charge on any atom is -0.221 e. The molecule has 0 spiro atoms. The Balaban J connectivity index is 2.23. The first kappa shape index (κ1) is 10.0. The van der Waals surface area contributed by atoms with Crippen LogP contribution in [0.4, 0.5) is 0 Å². The molecule has 0 unspecified atom stereocenters. The van der Waals surface area contributed by atoms with E-state index >= 15 is 0 Å². The molecule has 1 aliphatic rings. The Morgan fingerprint density at radius 1 is 1.29 bits per heavy atom. The van der Waals surface area contributed by atoms with Gasteiger partial charge in [0.25, 0.3) is 0 Å². The summed E-state index contributed by atoms with van der Waals surface area (Å²) in [7, 11) is -3.17. The van der Waals surface area contributed by atoms with Crippen LogP contribution in [0.2, 0.25) is 0 Å². The summed E-state index contributed by atoms with van der Waals surface area (Å²) >= 11 is 1.11. The lowest BCUT2D eigenvalue weighted by molar-refractivity contribution is 0.483. The fourth-order valence-corrected chi connectivity index (χ4v) is 4.56. The summed E-state index contributed by atoms with van der Waals surface area (Å²) in [6.45, 7) is 0. The molecule has 1 aromatic rings. The first-order chi connectivity index (χ1) is 6.71. The molecule has 0 aliphatic heterocycles. The Labute approximate surface area is 87.3 Å². The molecule has 14 heavy (non-hydrogen) atoms. The van der Waals surface area contributed by atoms with Crippen LogP contribution >= 0.6 is 11.3 Å². The predicted molar refractivity (Wildman–Crippen MR) is 54.0 cm³/mol. The highest BCUT2D eigenvalue weighted by atomic mass is 32.2. The van der Waals surface area contributed by atoms with Crippen LogP contribution in [0.15, 0.2) is 9.85 Å². The smallest absolute Gasteiger partial charge is 0.221 e. The molecule has 6 heteroatoms. The van der Waals surface area contributed by atoms with Crippen molar-refractivity contribution in [3.8, 4) is 0 Å². The molecule has 1 aliphatic carbocycles. The molecule has 0 atom stereocenters. The van der Waals surface area contributed by atoms with E-state index in [9.17, 15) is 8.42 Å². The molecule has 2 rings (SSSR count). The van der Waals surface area contributed by atoms with Gasteiger partial charge in [-0.05, 0) is 12.8 Å². The van der Waals surface area contributed by atoms with Crippen LogP contribution in [-0.2, 0) is 9.84 Å². The van der Waals surface area contributed by atoms with Crippen molar-refractivity contribution in [3.63, 3.8) is 0 Å². The second kappa shape index (κ2) is 3.94. The molecule has 1 aromatic heterocycles. The summed E-state index contributed by atoms with van der Waals surface area (Å²) < 4.78 is 24.1. The zero-order chi connectivity index (χ0) is 10.0. The van der Waals surface area contributed by atoms with Gasteiger partial charge in [-0.2, -0.15) is 0 Å². The summed E-state index contributed by atoms with van der Waals surface area (Å²) in [5, 5.41) is 7.00. The van der Waals surface area contributed by atoms with E-state index in [0.29, 0.717) is 0 Å². The van der Waals surface area contributed by atoms with Crippen LogP contribution in [0.1, 0.15) is 32.1 Å². The Hall–Kier alpha value is -0.490. The molecular formula is C8H12N2O2S2. The van der Waals surface area contributed by atoms with Crippen LogP contribution in [-0.4, -0.2) is 23.9 Å². The van der Waals surface area contributed by atoms with E-state index in [4.69, 9.17) is 0 Å². The molecule has 0 radical (unpaired) electrons. The van der Waals surface area contributed by atoms with Gasteiger partial charge in [0.05, 0.1) is 5.25 Å². The van der Waals surface area contributed by atoms with Gasteiger partial charge in [0, 0.05) is 0 Å². The van der Waals surface area contributed by atoms with Crippen molar-refractivity contribution in [1.29, 1.82) is 0 Å². The van der Waals surface area contributed by atoms with E-state index < -0.39 is 9.84 Å². The van der Waals surface area contributed by atoms with Crippen molar-refractivity contribution >= 4 is 21.2 Å². The molecule has 78 valence electrons. The lowest BCUT2D eigenvalue weighted by atomic mass is 10.0. The van der Waals surface area contributed by atoms with Crippen molar-refractivity contribution in [2.75, 3.05) is 0 Å². The minimum atomic E-state index is -3.17. The monoisotopic (exact) mass is 232 g/mol. The normalized spacial score (nSPS) is 19.7. The van der Waals surface area contributed by atoms with Crippen LogP contribution in [0, 0.1) is 0 Å². The van der Waals surface area contributed by atoms with Crippen molar-refractivity contribution < 1.29 is 8.42 Å². The fraction of sp³-hybridized carbons (Fsp3) is 0.750. The molecular weight excluding hydrogens is 220 g/mol. The third-order valence-electron chi connectivity index (χ3n) is 2.57. The molecule has 0 bridgehead atoms. The van der Waals surface area contributed by atoms with Gasteiger partial charge in [0.1, 0.15) is 5.51 Å². The van der Waals surface area contributed by atoms with Crippen molar-refractivity contribution in [3.05, 3.63) is 5.51 Å². The predicted octanol–water partition coefficient (Wildman–Crippen LogP) is 1.64. The highest BCUT2D eigenvalue weighted by Gasteiger charge is 2.31. The van der Waals surface area contributed by atoms with E-state index in [-0.39, 0.29) is 9.59 Å². The summed E-state index contributed by atoms with van der Waals surface area (Å²) in [4.78, 5) is 0. The standard InChI is InChI=1S/C8H12N2O2S2/c11-14(12,8-10-9-6-13-8)7-4-2-1-3-5-7/h6-7H,1-5H2. The average Bonchev–Trinajstić information content (AvgIpc) is 2.72. The number of aromatic nitrogens is 2. The molecule has 1 saturated carbocycles. The van der Waals surface area contributed by atoms with Gasteiger partial charge < -0.3 is 0 Å². The zero-order valence-electron chi connectivity index (χ0n) is 7.72. The highest BCUT2D eigenvalue weighted by Crippen LogP contribution is 2.28. The second-order valence-electron chi connectivity index (χ2n) is 3.51. The average molecular weight is 232 g/mol. The maximum atomic E-state index is 12.0. The van der Waals surface area contributed by atoms with E-state index in [1.54, 1.807) is 0 Å². The Bertz CT molecular complexity index is 379. The Morgan fingerprint density at radius 3 is 2.57 bits per heavy atom. The first-order valence-electron chi connectivity index (χ1n) is 4.71. The molecule has 0 N–H and O–H groups in total. The van der Waals surface area contributed by atoms with Gasteiger partial charge in [-0.1, -0.05) is 30.6 Å². The van der Waals surface area contributed by atoms with Gasteiger partial charge in [-0.25, -0.2) is 8.42 Å². The minimum absolute atomic E-state index is 0.185. The van der Waals surface area contributed by atoms with Gasteiger partial charge >= 0.3 is 0 Å². The van der Waals surface area contributed by atoms with E-state index in [2.05, 4.69) is 10.2 Å². The van der Waals surface area contributed by atoms with Gasteiger partial charge in [0.15, 0.2) is 0 Å². The number of sulfone groups is 1. The lowest BCUT2D eigenvalue weighted by Crippen LogP contribution is -2.23. The summed E-state index contributed by atoms with van der Waals surface area (Å²) in [5.41, 5.74) is 1.47. The van der Waals surface area contributed by atoms with E-state index in [1.807, 2.05) is 0 Å². The van der Waals surface area contributed by atoms with Crippen LogP contribution in [0.5, 0.6) is 0 Å². The Kier molecular flexibility index (Phi) is 2.83. The molecule has 4 nitrogen and oxygen atoms in total. The third kappa shape index (κ3) is 1.81. The van der Waals surface area contributed by atoms with Crippen LogP contribution < -0.4 is 0 Å². The maximum Gasteiger partial charge on any atom is 0.232 e. The molecule has 0 saturated heterocycles. The molecule has 0 aromatic carbocycles. The zero-order valence-corrected chi connectivity index (χ0v) is 9.35. The largest absolute Gasteiger partial charge is 0.232 e. The number of nitrogens with zero attached hydrogens (tertiary/aromatic N) is 2. The second-order valence-corrected chi connectivity index (χ2v) is 6.74. The SMILES string of the molecule is O=S(=O)(c1nncs1)C1CCCCC1. The van der Waals surface area contributed by atoms with Crippen LogP contribution in [0.25, 0.3) is 0 Å². The van der Waals surface area contributed by atoms with Gasteiger partial charge in [-0.15, -0.1) is 10.2 Å². The number of hydrogen-bond acceptors (Lipinski definition) is 5. The maximum absolute atomic E-state index is 12.0. The third-order valence-corrected chi connectivity index (χ3v) is 5.96. The number of hydrogen-bond donors (Lipinski definition) is 0. The summed E-state index contributed by atoms with van der Waals surface area (Å²) in [6, 6.07) is 0. The molecule has 0 amide bonds. The van der Waals surface area contributed by atoms with Crippen molar-refractivity contribution in [2.45, 2.75) is 41.7 Å². The van der Waals surface area contributed by atoms with Crippen LogP contribution in [0.3, 0.4) is 0 Å².